The van der Waals surface area contributed by atoms with Crippen molar-refractivity contribution in [3.05, 3.63) is 0 Å². The Balaban J connectivity index is 2.93. The van der Waals surface area contributed by atoms with Crippen molar-refractivity contribution >= 4 is 43.2 Å². The molecule has 0 aromatic rings. The van der Waals surface area contributed by atoms with E-state index >= 15 is 0 Å². The van der Waals surface area contributed by atoms with Crippen LogP contribution in [0.25, 0.3) is 0 Å². The molecule has 398 valence electrons. The number of esters is 2. The molecular weight excluding hydrogens is 968 g/mol. The van der Waals surface area contributed by atoms with E-state index < -0.39 is 99.2 Å². The summed E-state index contributed by atoms with van der Waals surface area (Å²) in [6, 6.07) is 0. The van der Waals surface area contributed by atoms with E-state index in [1.807, 2.05) is 0 Å². The smallest absolute Gasteiger partial charge is 0.462 e. The third kappa shape index (κ3) is 33.6. The van der Waals surface area contributed by atoms with Gasteiger partial charge in [-0.05, 0) is 12.8 Å². The molecule has 1 fully saturated rings. The molecule has 0 amide bonds. The largest absolute Gasteiger partial charge is 0.472 e. The molecule has 0 heterocycles. The molecule has 0 radical (unpaired) electrons. The third-order valence-corrected chi connectivity index (χ3v) is 13.7. The second-order valence-corrected chi connectivity index (χ2v) is 22.3. The highest BCUT2D eigenvalue weighted by Crippen LogP contribution is 2.53. The SMILES string of the molecule is CCCCCCCCCCCCCCCC(=O)OC[C@@H](COP(=O)(O)O[C@@H]1[C@@H](O)[C@H](OP(=O)(O)O)[C@@H](OP(=O)(O)O)[C@@H](O)[C@H]1OP(=O)(O)O)OC(=O)CCCCCCCCCCCCCCC. The molecule has 1 aliphatic carbocycles. The number of hydrogen-bond donors (Lipinski definition) is 9. The fourth-order valence-corrected chi connectivity index (χ4v) is 10.3. The zero-order valence-electron chi connectivity index (χ0n) is 39.4. The lowest BCUT2D eigenvalue weighted by Crippen LogP contribution is -2.65. The predicted molar refractivity (Wildman–Crippen MR) is 245 cm³/mol. The molecule has 0 bridgehead atoms. The molecule has 0 saturated heterocycles. The van der Waals surface area contributed by atoms with Gasteiger partial charge in [-0.2, -0.15) is 0 Å². The highest BCUT2D eigenvalue weighted by Gasteiger charge is 2.59. The van der Waals surface area contributed by atoms with Crippen molar-refractivity contribution in [1.29, 1.82) is 0 Å². The van der Waals surface area contributed by atoms with Crippen molar-refractivity contribution in [1.82, 2.24) is 0 Å². The van der Waals surface area contributed by atoms with E-state index in [1.165, 1.54) is 89.9 Å². The normalized spacial score (nSPS) is 21.8. The van der Waals surface area contributed by atoms with E-state index in [4.69, 9.17) is 18.5 Å². The van der Waals surface area contributed by atoms with Crippen LogP contribution in [0.4, 0.5) is 0 Å². The molecular formula is C41H82O22P4. The Labute approximate surface area is 396 Å². The second kappa shape index (κ2) is 35.4. The van der Waals surface area contributed by atoms with Crippen LogP contribution >= 0.6 is 31.3 Å². The standard InChI is InChI=1S/C41H82O22P4/c1-3-5-7-9-11-13-15-17-19-21-23-25-27-29-34(42)57-31-33(59-35(43)30-28-26-24-22-20-18-16-14-12-10-8-6-4-2)32-58-67(55,56)63-41-37(45)39(61-65(49,50)51)38(60-64(46,47)48)36(44)40(41)62-66(52,53)54/h33,36-41,44-45H,3-32H2,1-2H3,(H,55,56)(H2,46,47,48)(H2,49,50,51)(H2,52,53,54)/t33-,36+,37-,38-,39-,40+,41+/m0/s1. The van der Waals surface area contributed by atoms with Gasteiger partial charge in [0.25, 0.3) is 0 Å². The molecule has 9 N–H and O–H groups in total. The Hall–Kier alpha value is -0.700. The average Bonchev–Trinajstić information content (AvgIpc) is 3.22. The summed E-state index contributed by atoms with van der Waals surface area (Å²) in [6.45, 7) is 2.72. The van der Waals surface area contributed by atoms with Gasteiger partial charge in [-0.1, -0.05) is 168 Å². The van der Waals surface area contributed by atoms with Crippen LogP contribution < -0.4 is 0 Å². The molecule has 0 spiro atoms. The molecule has 8 atom stereocenters. The minimum atomic E-state index is -5.77. The van der Waals surface area contributed by atoms with Gasteiger partial charge in [0, 0.05) is 12.8 Å². The van der Waals surface area contributed by atoms with Gasteiger partial charge in [-0.25, -0.2) is 18.3 Å². The van der Waals surface area contributed by atoms with Crippen LogP contribution in [0.2, 0.25) is 0 Å². The molecule has 0 aromatic heterocycles. The highest BCUT2D eigenvalue weighted by molar-refractivity contribution is 7.47. The third-order valence-electron chi connectivity index (χ3n) is 11.1. The van der Waals surface area contributed by atoms with Crippen molar-refractivity contribution in [2.45, 2.75) is 236 Å². The highest BCUT2D eigenvalue weighted by atomic mass is 31.2. The van der Waals surface area contributed by atoms with Crippen LogP contribution in [0.15, 0.2) is 0 Å². The Morgan fingerprint density at radius 1 is 0.418 bits per heavy atom. The minimum Gasteiger partial charge on any atom is -0.462 e. The zero-order valence-corrected chi connectivity index (χ0v) is 43.0. The minimum absolute atomic E-state index is 0.0350. The van der Waals surface area contributed by atoms with Crippen molar-refractivity contribution in [2.24, 2.45) is 0 Å². The maximum absolute atomic E-state index is 13.3. The van der Waals surface area contributed by atoms with Crippen molar-refractivity contribution < 1.29 is 104 Å². The molecule has 22 nitrogen and oxygen atoms in total. The van der Waals surface area contributed by atoms with E-state index in [2.05, 4.69) is 27.4 Å². The summed E-state index contributed by atoms with van der Waals surface area (Å²) in [5.74, 6) is -1.41. The first-order valence-electron chi connectivity index (χ1n) is 24.1. The van der Waals surface area contributed by atoms with E-state index in [0.717, 1.165) is 64.2 Å². The van der Waals surface area contributed by atoms with Gasteiger partial charge in [-0.3, -0.25) is 32.2 Å². The summed E-state index contributed by atoms with van der Waals surface area (Å²) in [7, 11) is -22.9. The van der Waals surface area contributed by atoms with Gasteiger partial charge in [0.15, 0.2) is 6.10 Å². The van der Waals surface area contributed by atoms with Crippen molar-refractivity contribution in [3.63, 3.8) is 0 Å². The molecule has 1 rings (SSSR count). The van der Waals surface area contributed by atoms with Crippen LogP contribution in [0.3, 0.4) is 0 Å². The monoisotopic (exact) mass is 1050 g/mol. The molecule has 0 aliphatic heterocycles. The fourth-order valence-electron chi connectivity index (χ4n) is 7.67. The molecule has 26 heteroatoms. The number of aliphatic hydroxyl groups excluding tert-OH is 2. The van der Waals surface area contributed by atoms with Crippen molar-refractivity contribution in [2.75, 3.05) is 13.2 Å². The second-order valence-electron chi connectivity index (χ2n) is 17.3. The first kappa shape index (κ1) is 64.3. The van der Waals surface area contributed by atoms with Crippen molar-refractivity contribution in [3.8, 4) is 0 Å². The molecule has 1 saturated carbocycles. The molecule has 1 aliphatic rings. The Bertz CT molecular complexity index is 1520. The first-order valence-corrected chi connectivity index (χ1v) is 30.2. The van der Waals surface area contributed by atoms with E-state index in [-0.39, 0.29) is 12.8 Å². The summed E-state index contributed by atoms with van der Waals surface area (Å²) in [5.41, 5.74) is 0. The number of ether oxygens (including phenoxy) is 2. The summed E-state index contributed by atoms with van der Waals surface area (Å²) in [5, 5.41) is 21.8. The van der Waals surface area contributed by atoms with E-state index in [9.17, 15) is 72.3 Å². The summed E-state index contributed by atoms with van der Waals surface area (Å²) < 4.78 is 82.1. The predicted octanol–water partition coefficient (Wildman–Crippen LogP) is 8.08. The average molecular weight is 1050 g/mol. The Morgan fingerprint density at radius 2 is 0.701 bits per heavy atom. The number of aliphatic hydroxyl groups is 2. The van der Waals surface area contributed by atoms with Gasteiger partial charge in [-0.15, -0.1) is 0 Å². The van der Waals surface area contributed by atoms with Crippen LogP contribution in [-0.4, -0.2) is 112 Å². The maximum Gasteiger partial charge on any atom is 0.472 e. The van der Waals surface area contributed by atoms with Crippen LogP contribution in [0.1, 0.15) is 194 Å². The number of carbonyl (C=O) groups excluding carboxylic acids is 2. The molecule has 1 unspecified atom stereocenters. The maximum atomic E-state index is 13.3. The fraction of sp³-hybridized carbons (Fsp3) is 0.951. The van der Waals surface area contributed by atoms with E-state index in [1.54, 1.807) is 0 Å². The first-order chi connectivity index (χ1) is 31.5. The molecule has 67 heavy (non-hydrogen) atoms. The van der Waals surface area contributed by atoms with Gasteiger partial charge in [0.1, 0.15) is 43.2 Å². The van der Waals surface area contributed by atoms with E-state index in [0.29, 0.717) is 12.8 Å². The zero-order chi connectivity index (χ0) is 50.4. The van der Waals surface area contributed by atoms with Gasteiger partial charge >= 0.3 is 43.2 Å². The Morgan fingerprint density at radius 3 is 1.01 bits per heavy atom. The Kier molecular flexibility index (Phi) is 34.0. The quantitative estimate of drug-likeness (QED) is 0.0158. The number of carbonyl (C=O) groups is 2. The lowest BCUT2D eigenvalue weighted by molar-refractivity contribution is -0.209. The van der Waals surface area contributed by atoms with Gasteiger partial charge in [0.2, 0.25) is 0 Å². The number of unbranched alkanes of at least 4 members (excludes halogenated alkanes) is 24. The summed E-state index contributed by atoms with van der Waals surface area (Å²) in [4.78, 5) is 92.8. The van der Waals surface area contributed by atoms with Crippen LogP contribution in [0, 0.1) is 0 Å². The number of phosphoric ester groups is 4. The number of phosphoric acid groups is 4. The number of hydrogen-bond acceptors (Lipinski definition) is 15. The summed E-state index contributed by atoms with van der Waals surface area (Å²) in [6.07, 6.45) is 10.3. The lowest BCUT2D eigenvalue weighted by Gasteiger charge is -2.45. The lowest BCUT2D eigenvalue weighted by atomic mass is 9.85. The van der Waals surface area contributed by atoms with Gasteiger partial charge < -0.3 is 53.9 Å². The molecule has 0 aromatic carbocycles. The number of rotatable bonds is 42. The summed E-state index contributed by atoms with van der Waals surface area (Å²) >= 11 is 0. The van der Waals surface area contributed by atoms with Gasteiger partial charge in [0.05, 0.1) is 6.61 Å². The van der Waals surface area contributed by atoms with Crippen LogP contribution in [-0.2, 0) is 59.9 Å². The van der Waals surface area contributed by atoms with Crippen LogP contribution in [0.5, 0.6) is 0 Å². The topological polar surface area (TPSA) is 349 Å².